The highest BCUT2D eigenvalue weighted by Crippen LogP contribution is 2.25. The van der Waals surface area contributed by atoms with E-state index in [1.165, 1.54) is 6.07 Å². The Morgan fingerprint density at radius 2 is 2.00 bits per heavy atom. The predicted molar refractivity (Wildman–Crippen MR) is 103 cm³/mol. The van der Waals surface area contributed by atoms with Gasteiger partial charge in [-0.3, -0.25) is 4.79 Å². The minimum Gasteiger partial charge on any atom is -0.338 e. The Labute approximate surface area is 157 Å². The van der Waals surface area contributed by atoms with E-state index in [0.29, 0.717) is 36.9 Å². The van der Waals surface area contributed by atoms with Gasteiger partial charge in [-0.1, -0.05) is 38.5 Å². The number of piperidine rings is 1. The average Bonchev–Trinajstić information content (AvgIpc) is 2.60. The van der Waals surface area contributed by atoms with Crippen molar-refractivity contribution in [2.45, 2.75) is 52.5 Å². The van der Waals surface area contributed by atoms with Gasteiger partial charge in [-0.25, -0.2) is 4.39 Å². The van der Waals surface area contributed by atoms with Gasteiger partial charge < -0.3 is 10.2 Å². The highest BCUT2D eigenvalue weighted by atomic mass is 35.5. The molecule has 1 aliphatic heterocycles. The molecule has 1 heterocycles. The molecule has 5 heteroatoms. The lowest BCUT2D eigenvalue weighted by Gasteiger charge is -2.30. The number of nitrogens with one attached hydrogen (secondary N) is 1. The molecule has 142 valence electrons. The highest BCUT2D eigenvalue weighted by Gasteiger charge is 2.24. The van der Waals surface area contributed by atoms with Crippen LogP contribution in [0.5, 0.6) is 0 Å². The van der Waals surface area contributed by atoms with Crippen molar-refractivity contribution < 1.29 is 9.18 Å². The van der Waals surface area contributed by atoms with Crippen LogP contribution in [0.15, 0.2) is 24.3 Å². The standard InChI is InChI=1S/C20H31FN2O.ClH/c1-3-4-13-23(15-18-7-5-6-8-19(18)21)20(24)14-16(2)17-9-11-22-12-10-17;/h5-8,16-17,22H,3-4,9-15H2,1-2H3;1H. The lowest BCUT2D eigenvalue weighted by Crippen LogP contribution is -2.36. The van der Waals surface area contributed by atoms with Gasteiger partial charge in [0, 0.05) is 25.1 Å². The third-order valence-electron chi connectivity index (χ3n) is 5.14. The number of hydrogen-bond donors (Lipinski definition) is 1. The Morgan fingerprint density at radius 3 is 2.64 bits per heavy atom. The van der Waals surface area contributed by atoms with Gasteiger partial charge in [0.1, 0.15) is 5.82 Å². The fraction of sp³-hybridized carbons (Fsp3) is 0.650. The first-order chi connectivity index (χ1) is 11.6. The van der Waals surface area contributed by atoms with Crippen LogP contribution in [0.2, 0.25) is 0 Å². The molecule has 0 aromatic heterocycles. The molecule has 1 aromatic rings. The topological polar surface area (TPSA) is 32.3 Å². The number of rotatable bonds is 8. The summed E-state index contributed by atoms with van der Waals surface area (Å²) in [7, 11) is 0. The molecule has 3 nitrogen and oxygen atoms in total. The van der Waals surface area contributed by atoms with Crippen molar-refractivity contribution in [2.75, 3.05) is 19.6 Å². The van der Waals surface area contributed by atoms with Crippen LogP contribution in [-0.4, -0.2) is 30.4 Å². The molecular formula is C20H32ClFN2O. The van der Waals surface area contributed by atoms with Gasteiger partial charge in [0.05, 0.1) is 0 Å². The smallest absolute Gasteiger partial charge is 0.223 e. The number of nitrogens with zero attached hydrogens (tertiary/aromatic N) is 1. The monoisotopic (exact) mass is 370 g/mol. The average molecular weight is 371 g/mol. The van der Waals surface area contributed by atoms with Crippen LogP contribution in [-0.2, 0) is 11.3 Å². The summed E-state index contributed by atoms with van der Waals surface area (Å²) in [5.74, 6) is 0.956. The molecular weight excluding hydrogens is 339 g/mol. The molecule has 0 radical (unpaired) electrons. The molecule has 1 saturated heterocycles. The van der Waals surface area contributed by atoms with Gasteiger partial charge in [0.2, 0.25) is 5.91 Å². The summed E-state index contributed by atoms with van der Waals surface area (Å²) in [5.41, 5.74) is 0.608. The van der Waals surface area contributed by atoms with Gasteiger partial charge in [-0.15, -0.1) is 12.4 Å². The van der Waals surface area contributed by atoms with Gasteiger partial charge in [0.15, 0.2) is 0 Å². The predicted octanol–water partition coefficient (Wildman–Crippen LogP) is 4.40. The largest absolute Gasteiger partial charge is 0.338 e. The zero-order valence-electron chi connectivity index (χ0n) is 15.5. The maximum Gasteiger partial charge on any atom is 0.223 e. The van der Waals surface area contributed by atoms with Gasteiger partial charge in [-0.05, 0) is 50.3 Å². The maximum absolute atomic E-state index is 13.9. The van der Waals surface area contributed by atoms with E-state index in [1.807, 2.05) is 11.0 Å². The van der Waals surface area contributed by atoms with E-state index >= 15 is 0 Å². The summed E-state index contributed by atoms with van der Waals surface area (Å²) in [4.78, 5) is 14.7. The molecule has 0 aliphatic carbocycles. The van der Waals surface area contributed by atoms with Crippen LogP contribution in [0.1, 0.15) is 51.5 Å². The van der Waals surface area contributed by atoms with Crippen LogP contribution in [0, 0.1) is 17.7 Å². The van der Waals surface area contributed by atoms with Crippen molar-refractivity contribution >= 4 is 18.3 Å². The Morgan fingerprint density at radius 1 is 1.32 bits per heavy atom. The Kier molecular flexibility index (Phi) is 10.1. The van der Waals surface area contributed by atoms with Crippen molar-refractivity contribution in [3.05, 3.63) is 35.6 Å². The van der Waals surface area contributed by atoms with Crippen LogP contribution >= 0.6 is 12.4 Å². The van der Waals surface area contributed by atoms with Gasteiger partial charge >= 0.3 is 0 Å². The summed E-state index contributed by atoms with van der Waals surface area (Å²) in [6.07, 6.45) is 4.86. The molecule has 1 unspecified atom stereocenters. The minimum atomic E-state index is -0.224. The van der Waals surface area contributed by atoms with E-state index < -0.39 is 0 Å². The summed E-state index contributed by atoms with van der Waals surface area (Å²) in [6.45, 7) is 7.50. The first kappa shape index (κ1) is 21.9. The molecule has 25 heavy (non-hydrogen) atoms. The second-order valence-electron chi connectivity index (χ2n) is 7.03. The summed E-state index contributed by atoms with van der Waals surface area (Å²) in [5, 5.41) is 3.38. The summed E-state index contributed by atoms with van der Waals surface area (Å²) >= 11 is 0. The SMILES string of the molecule is CCCCN(Cc1ccccc1F)C(=O)CC(C)C1CCNCC1.Cl. The number of carbonyl (C=O) groups excluding carboxylic acids is 1. The summed E-state index contributed by atoms with van der Waals surface area (Å²) < 4.78 is 13.9. The van der Waals surface area contributed by atoms with Crippen molar-refractivity contribution in [1.29, 1.82) is 0 Å². The van der Waals surface area contributed by atoms with Crippen LogP contribution in [0.4, 0.5) is 4.39 Å². The van der Waals surface area contributed by atoms with Crippen LogP contribution in [0.25, 0.3) is 0 Å². The van der Waals surface area contributed by atoms with E-state index in [-0.39, 0.29) is 24.1 Å². The first-order valence-corrected chi connectivity index (χ1v) is 9.33. The van der Waals surface area contributed by atoms with E-state index in [0.717, 1.165) is 38.8 Å². The number of hydrogen-bond acceptors (Lipinski definition) is 2. The fourth-order valence-electron chi connectivity index (χ4n) is 3.46. The minimum absolute atomic E-state index is 0. The van der Waals surface area contributed by atoms with E-state index in [2.05, 4.69) is 19.2 Å². The summed E-state index contributed by atoms with van der Waals surface area (Å²) in [6, 6.07) is 6.77. The van der Waals surface area contributed by atoms with Crippen molar-refractivity contribution in [2.24, 2.45) is 11.8 Å². The Balaban J connectivity index is 0.00000312. The second-order valence-corrected chi connectivity index (χ2v) is 7.03. The van der Waals surface area contributed by atoms with Gasteiger partial charge in [0.25, 0.3) is 0 Å². The molecule has 1 atom stereocenters. The lowest BCUT2D eigenvalue weighted by molar-refractivity contribution is -0.133. The molecule has 0 spiro atoms. The maximum atomic E-state index is 13.9. The molecule has 1 amide bonds. The Bertz CT molecular complexity index is 520. The number of halogens is 2. The quantitative estimate of drug-likeness (QED) is 0.735. The third-order valence-corrected chi connectivity index (χ3v) is 5.14. The normalized spacial score (nSPS) is 16.1. The molecule has 1 aliphatic rings. The van der Waals surface area contributed by atoms with Crippen LogP contribution < -0.4 is 5.32 Å². The molecule has 1 N–H and O–H groups in total. The van der Waals surface area contributed by atoms with Crippen molar-refractivity contribution in [3.8, 4) is 0 Å². The van der Waals surface area contributed by atoms with E-state index in [4.69, 9.17) is 0 Å². The molecule has 1 aromatic carbocycles. The van der Waals surface area contributed by atoms with Crippen molar-refractivity contribution in [3.63, 3.8) is 0 Å². The van der Waals surface area contributed by atoms with Crippen LogP contribution in [0.3, 0.4) is 0 Å². The first-order valence-electron chi connectivity index (χ1n) is 9.33. The number of benzene rings is 1. The zero-order chi connectivity index (χ0) is 17.4. The van der Waals surface area contributed by atoms with E-state index in [1.54, 1.807) is 12.1 Å². The second kappa shape index (κ2) is 11.5. The zero-order valence-corrected chi connectivity index (χ0v) is 16.3. The third kappa shape index (κ3) is 6.95. The molecule has 2 rings (SSSR count). The van der Waals surface area contributed by atoms with Crippen molar-refractivity contribution in [1.82, 2.24) is 10.2 Å². The number of unbranched alkanes of at least 4 members (excludes halogenated alkanes) is 1. The van der Waals surface area contributed by atoms with Gasteiger partial charge in [-0.2, -0.15) is 0 Å². The Hall–Kier alpha value is -1.13. The van der Waals surface area contributed by atoms with E-state index in [9.17, 15) is 9.18 Å². The lowest BCUT2D eigenvalue weighted by atomic mass is 9.84. The fourth-order valence-corrected chi connectivity index (χ4v) is 3.46. The number of carbonyl (C=O) groups is 1. The molecule has 1 fully saturated rings. The highest BCUT2D eigenvalue weighted by molar-refractivity contribution is 5.85. The number of amides is 1. The molecule has 0 saturated carbocycles. The molecule has 0 bridgehead atoms.